The zero-order chi connectivity index (χ0) is 20.5. The van der Waals surface area contributed by atoms with E-state index < -0.39 is 5.72 Å². The van der Waals surface area contributed by atoms with Crippen LogP contribution in [0.25, 0.3) is 0 Å². The van der Waals surface area contributed by atoms with Crippen molar-refractivity contribution in [2.75, 3.05) is 6.61 Å². The molecule has 0 unspecified atom stereocenters. The van der Waals surface area contributed by atoms with E-state index in [2.05, 4.69) is 38.7 Å². The van der Waals surface area contributed by atoms with Crippen molar-refractivity contribution in [3.05, 3.63) is 68.2 Å². The molecule has 0 bridgehead atoms. The van der Waals surface area contributed by atoms with Crippen molar-refractivity contribution in [2.45, 2.75) is 32.5 Å². The average molecular weight is 395 g/mol. The summed E-state index contributed by atoms with van der Waals surface area (Å²) in [5, 5.41) is 0. The summed E-state index contributed by atoms with van der Waals surface area (Å²) >= 11 is 0. The quantitative estimate of drug-likeness (QED) is 0.436. The Labute approximate surface area is 164 Å². The van der Waals surface area contributed by atoms with Crippen LogP contribution >= 0.6 is 0 Å². The van der Waals surface area contributed by atoms with Gasteiger partial charge >= 0.3 is 45.2 Å². The van der Waals surface area contributed by atoms with Gasteiger partial charge in [-0.25, -0.2) is 4.79 Å². The number of benzene rings is 1. The molecular weight excluding hydrogens is 378 g/mol. The van der Waals surface area contributed by atoms with Crippen molar-refractivity contribution in [2.24, 2.45) is 0 Å². The molecule has 7 nitrogen and oxygen atoms in total. The van der Waals surface area contributed by atoms with E-state index in [1.54, 1.807) is 6.92 Å². The first kappa shape index (κ1) is 31.7. The van der Waals surface area contributed by atoms with Crippen molar-refractivity contribution in [3.63, 3.8) is 0 Å². The number of carbonyl (C=O) groups excluding carboxylic acids is 1. The summed E-state index contributed by atoms with van der Waals surface area (Å²) in [6.45, 7) is 24.3. The van der Waals surface area contributed by atoms with Gasteiger partial charge in [0.2, 0.25) is 0 Å². The Morgan fingerprint density at radius 2 is 1.50 bits per heavy atom. The van der Waals surface area contributed by atoms with Crippen LogP contribution in [0.5, 0.6) is 0 Å². The van der Waals surface area contributed by atoms with Gasteiger partial charge in [-0.2, -0.15) is 0 Å². The summed E-state index contributed by atoms with van der Waals surface area (Å²) in [7, 11) is 0. The smallest absolute Gasteiger partial charge is 0 e. The molecule has 0 spiro atoms. The number of hydrogen-bond acceptors (Lipinski definition) is 3. The van der Waals surface area contributed by atoms with Gasteiger partial charge in [0, 0.05) is 17.4 Å². The van der Waals surface area contributed by atoms with E-state index in [1.165, 1.54) is 0 Å². The Morgan fingerprint density at radius 1 is 1.08 bits per heavy atom. The number of ether oxygens (including phenoxy) is 1. The summed E-state index contributed by atoms with van der Waals surface area (Å²) in [4.78, 5) is 12.9. The van der Waals surface area contributed by atoms with Gasteiger partial charge in [-0.15, -0.1) is 0 Å². The minimum atomic E-state index is -0.456. The van der Waals surface area contributed by atoms with Crippen LogP contribution in [0.3, 0.4) is 0 Å². The zero-order valence-corrected chi connectivity index (χ0v) is 15.8. The predicted molar refractivity (Wildman–Crippen MR) is 81.7 cm³/mol. The fourth-order valence-corrected chi connectivity index (χ4v) is 2.41. The predicted octanol–water partition coefficient (Wildman–Crippen LogP) is 2.38. The van der Waals surface area contributed by atoms with E-state index >= 15 is 0 Å². The van der Waals surface area contributed by atoms with Crippen LogP contribution in [0, 0.1) is 26.6 Å². The van der Waals surface area contributed by atoms with Crippen molar-refractivity contribution >= 4 is 5.94 Å². The molecule has 0 amide bonds. The van der Waals surface area contributed by atoms with Crippen molar-refractivity contribution in [1.29, 1.82) is 0 Å². The molecule has 1 atom stereocenters. The Balaban J connectivity index is -0.000000238. The third-order valence-electron chi connectivity index (χ3n) is 3.18. The molecule has 1 saturated heterocycles. The molecule has 1 fully saturated rings. The second-order valence-electron chi connectivity index (χ2n) is 4.74. The standard InChI is InChI=1S/C14H17NO2.4CO.Cr/c1-11(9-16)15-13(10-17-14(15,2)3)12-7-5-4-6-8-12;4*1-2;/h4-8,13H,10H2,1-3H3;;;;;/t13-;;;;;/m0...../s1. The van der Waals surface area contributed by atoms with Crippen molar-refractivity contribution in [1.82, 2.24) is 4.90 Å². The summed E-state index contributed by atoms with van der Waals surface area (Å²) in [5.74, 6) is 1.97. The maximum atomic E-state index is 10.9. The van der Waals surface area contributed by atoms with E-state index in [9.17, 15) is 4.79 Å². The summed E-state index contributed by atoms with van der Waals surface area (Å²) in [6, 6.07) is 10.2. The third kappa shape index (κ3) is 9.42. The van der Waals surface area contributed by atoms with Gasteiger partial charge in [0.05, 0.1) is 18.3 Å². The van der Waals surface area contributed by atoms with Crippen molar-refractivity contribution < 1.29 is 45.5 Å². The third-order valence-corrected chi connectivity index (χ3v) is 3.18. The van der Waals surface area contributed by atoms with E-state index in [4.69, 9.17) is 23.3 Å². The fourth-order valence-electron chi connectivity index (χ4n) is 2.41. The van der Waals surface area contributed by atoms with Gasteiger partial charge in [0.1, 0.15) is 11.7 Å². The molecule has 0 aliphatic carbocycles. The molecule has 0 saturated carbocycles. The number of hydrogen-bond donors (Lipinski definition) is 0. The molecule has 0 aromatic heterocycles. The topological polar surface area (TPSA) is 109 Å². The van der Waals surface area contributed by atoms with Gasteiger partial charge in [0.15, 0.2) is 0 Å². The first-order chi connectivity index (χ1) is 12.1. The molecule has 2 rings (SSSR count). The van der Waals surface area contributed by atoms with E-state index in [1.807, 2.05) is 42.9 Å². The molecule has 1 aromatic rings. The van der Waals surface area contributed by atoms with Gasteiger partial charge in [0.25, 0.3) is 0 Å². The van der Waals surface area contributed by atoms with E-state index in [0.717, 1.165) is 5.56 Å². The maximum Gasteiger partial charge on any atom is 0 e. The minimum Gasteiger partial charge on any atom is 0 e. The fraction of sp³-hybridized carbons (Fsp3) is 0.333. The molecule has 0 N–H and O–H groups in total. The van der Waals surface area contributed by atoms with Gasteiger partial charge in [-0.05, 0) is 26.3 Å². The van der Waals surface area contributed by atoms with E-state index in [-0.39, 0.29) is 23.4 Å². The van der Waals surface area contributed by atoms with Crippen LogP contribution in [-0.4, -0.2) is 23.2 Å². The SMILES string of the molecule is CC(=C=O)N1[C@H](c2ccccc2)COC1(C)C.[C-]#[O+].[C-]#[O+].[C-]#[O+].[C-]#[O+].[Cr]. The van der Waals surface area contributed by atoms with Gasteiger partial charge < -0.3 is 9.64 Å². The molecule has 1 aromatic carbocycles. The summed E-state index contributed by atoms with van der Waals surface area (Å²) < 4.78 is 35.8. The second kappa shape index (κ2) is 19.2. The average Bonchev–Trinajstić information content (AvgIpc) is 3.03. The number of allylic oxidation sites excluding steroid dienone is 1. The summed E-state index contributed by atoms with van der Waals surface area (Å²) in [5.41, 5.74) is 1.29. The minimum absolute atomic E-state index is 0. The van der Waals surface area contributed by atoms with Crippen LogP contribution in [0.15, 0.2) is 36.0 Å². The Hall–Kier alpha value is -2.08. The van der Waals surface area contributed by atoms with Crippen LogP contribution in [0.1, 0.15) is 32.4 Å². The normalized spacial score (nSPS) is 14.9. The molecule has 1 heterocycles. The van der Waals surface area contributed by atoms with Gasteiger partial charge in [-0.3, -0.25) is 0 Å². The Kier molecular flexibility index (Phi) is 23.4. The molecule has 1 aliphatic rings. The number of rotatable bonds is 2. The molecule has 1 aliphatic heterocycles. The van der Waals surface area contributed by atoms with Gasteiger partial charge in [-0.1, -0.05) is 30.3 Å². The van der Waals surface area contributed by atoms with Crippen LogP contribution in [0.4, 0.5) is 0 Å². The van der Waals surface area contributed by atoms with Crippen LogP contribution < -0.4 is 0 Å². The molecule has 0 radical (unpaired) electrons. The maximum absolute atomic E-state index is 10.9. The molecule has 136 valence electrons. The zero-order valence-electron chi connectivity index (χ0n) is 14.5. The Morgan fingerprint density at radius 3 is 1.88 bits per heavy atom. The molecular formula is C18H17CrNO6. The van der Waals surface area contributed by atoms with E-state index in [0.29, 0.717) is 12.3 Å². The molecule has 26 heavy (non-hydrogen) atoms. The first-order valence-corrected chi connectivity index (χ1v) is 6.58. The number of nitrogens with zero attached hydrogens (tertiary/aromatic N) is 1. The first-order valence-electron chi connectivity index (χ1n) is 6.58. The summed E-state index contributed by atoms with van der Waals surface area (Å²) in [6.07, 6.45) is 0. The van der Waals surface area contributed by atoms with Crippen molar-refractivity contribution in [3.8, 4) is 0 Å². The Bertz CT molecular complexity index is 591. The monoisotopic (exact) mass is 395 g/mol. The van der Waals surface area contributed by atoms with Crippen LogP contribution in [0.2, 0.25) is 0 Å². The second-order valence-corrected chi connectivity index (χ2v) is 4.74. The van der Waals surface area contributed by atoms with Crippen LogP contribution in [-0.2, 0) is 45.5 Å². The molecule has 8 heteroatoms. The largest absolute Gasteiger partial charge is 0 e.